The van der Waals surface area contributed by atoms with Crippen LogP contribution < -0.4 is 20.1 Å². The van der Waals surface area contributed by atoms with E-state index in [4.69, 9.17) is 9.47 Å². The Balaban J connectivity index is 1.96. The molecule has 146 valence electrons. The Morgan fingerprint density at radius 1 is 1.11 bits per heavy atom. The minimum Gasteiger partial charge on any atom is -0.493 e. The summed E-state index contributed by atoms with van der Waals surface area (Å²) in [5.74, 6) is 1.68. The molecule has 0 fully saturated rings. The van der Waals surface area contributed by atoms with E-state index in [0.717, 1.165) is 5.69 Å². The second kappa shape index (κ2) is 9.82. The van der Waals surface area contributed by atoms with Crippen LogP contribution in [0.1, 0.15) is 6.92 Å². The maximum absolute atomic E-state index is 12.3. The van der Waals surface area contributed by atoms with Crippen molar-refractivity contribution < 1.29 is 17.9 Å². The number of nitrogens with zero attached hydrogens (tertiary/aromatic N) is 1. The monoisotopic (exact) mass is 391 g/mol. The first-order valence-corrected chi connectivity index (χ1v) is 10.2. The number of hydrogen-bond acceptors (Lipinski definition) is 5. The Kier molecular flexibility index (Phi) is 7.48. The molecule has 27 heavy (non-hydrogen) atoms. The van der Waals surface area contributed by atoms with E-state index in [1.54, 1.807) is 56.6 Å². The zero-order valence-corrected chi connectivity index (χ0v) is 16.5. The Labute approximate surface area is 160 Å². The lowest BCUT2D eigenvalue weighted by Gasteiger charge is -2.14. The predicted molar refractivity (Wildman–Crippen MR) is 108 cm³/mol. The first kappa shape index (κ1) is 20.6. The number of hydrogen-bond donors (Lipinski definition) is 2. The number of ether oxygens (including phenoxy) is 2. The Bertz CT molecular complexity index is 868. The van der Waals surface area contributed by atoms with Crippen molar-refractivity contribution in [2.24, 2.45) is 4.99 Å². The maximum Gasteiger partial charge on any atom is 0.195 e. The van der Waals surface area contributed by atoms with Gasteiger partial charge in [-0.1, -0.05) is 18.2 Å². The number of anilines is 1. The van der Waals surface area contributed by atoms with Crippen LogP contribution in [0.15, 0.2) is 58.4 Å². The van der Waals surface area contributed by atoms with Gasteiger partial charge in [-0.25, -0.2) is 8.42 Å². The lowest BCUT2D eigenvalue weighted by Crippen LogP contribution is -2.34. The highest BCUT2D eigenvalue weighted by Crippen LogP contribution is 2.30. The van der Waals surface area contributed by atoms with Crippen molar-refractivity contribution in [3.63, 3.8) is 0 Å². The third-order valence-corrected chi connectivity index (χ3v) is 5.45. The van der Waals surface area contributed by atoms with Crippen LogP contribution >= 0.6 is 0 Å². The van der Waals surface area contributed by atoms with Gasteiger partial charge in [0, 0.05) is 25.3 Å². The molecule has 2 aromatic carbocycles. The van der Waals surface area contributed by atoms with E-state index in [2.05, 4.69) is 15.6 Å². The topological polar surface area (TPSA) is 89.0 Å². The van der Waals surface area contributed by atoms with Crippen molar-refractivity contribution in [1.82, 2.24) is 5.32 Å². The number of methoxy groups -OCH3 is 1. The number of benzene rings is 2. The smallest absolute Gasteiger partial charge is 0.195 e. The Morgan fingerprint density at radius 2 is 1.85 bits per heavy atom. The van der Waals surface area contributed by atoms with Gasteiger partial charge in [-0.2, -0.15) is 0 Å². The average Bonchev–Trinajstić information content (AvgIpc) is 2.69. The van der Waals surface area contributed by atoms with E-state index in [9.17, 15) is 8.42 Å². The van der Waals surface area contributed by atoms with E-state index < -0.39 is 9.84 Å². The van der Waals surface area contributed by atoms with Crippen LogP contribution in [0.2, 0.25) is 0 Å². The third kappa shape index (κ3) is 5.89. The van der Waals surface area contributed by atoms with Crippen molar-refractivity contribution in [2.75, 3.05) is 38.4 Å². The molecule has 2 N–H and O–H groups in total. The summed E-state index contributed by atoms with van der Waals surface area (Å²) >= 11 is 0. The summed E-state index contributed by atoms with van der Waals surface area (Å²) in [6, 6.07) is 13.8. The lowest BCUT2D eigenvalue weighted by molar-refractivity contribution is 0.311. The first-order chi connectivity index (χ1) is 13.0. The number of guanidine groups is 1. The summed E-state index contributed by atoms with van der Waals surface area (Å²) in [7, 11) is -0.151. The van der Waals surface area contributed by atoms with Gasteiger partial charge in [0.05, 0.1) is 24.4 Å². The SMILES string of the molecule is CCOc1ccc(NC(=NC)NCCS(=O)(=O)c2ccccc2)cc1OC. The van der Waals surface area contributed by atoms with Crippen molar-refractivity contribution >= 4 is 21.5 Å². The first-order valence-electron chi connectivity index (χ1n) is 8.56. The van der Waals surface area contributed by atoms with Crippen LogP contribution in [0.3, 0.4) is 0 Å². The zero-order chi connectivity index (χ0) is 19.7. The predicted octanol–water partition coefficient (Wildman–Crippen LogP) is 2.56. The van der Waals surface area contributed by atoms with Crippen LogP contribution in [0.5, 0.6) is 11.5 Å². The van der Waals surface area contributed by atoms with Gasteiger partial charge in [-0.05, 0) is 31.2 Å². The van der Waals surface area contributed by atoms with Crippen LogP contribution in [0, 0.1) is 0 Å². The quantitative estimate of drug-likeness (QED) is 0.531. The van der Waals surface area contributed by atoms with Crippen LogP contribution in [0.4, 0.5) is 5.69 Å². The maximum atomic E-state index is 12.3. The van der Waals surface area contributed by atoms with Crippen LogP contribution in [0.25, 0.3) is 0 Å². The average molecular weight is 391 g/mol. The van der Waals surface area contributed by atoms with Crippen molar-refractivity contribution in [3.05, 3.63) is 48.5 Å². The highest BCUT2D eigenvalue weighted by atomic mass is 32.2. The molecule has 0 aliphatic carbocycles. The number of aliphatic imine (C=N–C) groups is 1. The van der Waals surface area contributed by atoms with Crippen molar-refractivity contribution in [2.45, 2.75) is 11.8 Å². The van der Waals surface area contributed by atoms with Gasteiger partial charge in [-0.3, -0.25) is 4.99 Å². The number of nitrogens with one attached hydrogen (secondary N) is 2. The molecule has 0 saturated carbocycles. The van der Waals surface area contributed by atoms with E-state index in [-0.39, 0.29) is 12.3 Å². The molecule has 0 bridgehead atoms. The molecular formula is C19H25N3O4S. The van der Waals surface area contributed by atoms with Crippen LogP contribution in [-0.4, -0.2) is 47.4 Å². The molecule has 0 aliphatic rings. The molecule has 0 heterocycles. The molecule has 0 saturated heterocycles. The molecular weight excluding hydrogens is 366 g/mol. The summed E-state index contributed by atoms with van der Waals surface area (Å²) < 4.78 is 35.4. The van der Waals surface area contributed by atoms with Gasteiger partial charge in [-0.15, -0.1) is 0 Å². The summed E-state index contributed by atoms with van der Waals surface area (Å²) in [5, 5.41) is 6.12. The summed E-state index contributed by atoms with van der Waals surface area (Å²) in [6.07, 6.45) is 0. The molecule has 0 amide bonds. The van der Waals surface area contributed by atoms with Gasteiger partial charge in [0.1, 0.15) is 0 Å². The molecule has 0 atom stereocenters. The number of sulfone groups is 1. The molecule has 0 aromatic heterocycles. The molecule has 2 aromatic rings. The van der Waals surface area contributed by atoms with Crippen molar-refractivity contribution in [1.29, 1.82) is 0 Å². The molecule has 8 heteroatoms. The molecule has 0 unspecified atom stereocenters. The van der Waals surface area contributed by atoms with E-state index >= 15 is 0 Å². The van der Waals surface area contributed by atoms with E-state index in [1.807, 2.05) is 13.0 Å². The normalized spacial score (nSPS) is 11.7. The second-order valence-electron chi connectivity index (χ2n) is 5.55. The lowest BCUT2D eigenvalue weighted by atomic mass is 10.2. The zero-order valence-electron chi connectivity index (χ0n) is 15.7. The van der Waals surface area contributed by atoms with Gasteiger partial charge >= 0.3 is 0 Å². The highest BCUT2D eigenvalue weighted by Gasteiger charge is 2.14. The molecule has 0 radical (unpaired) electrons. The minimum absolute atomic E-state index is 0.0374. The third-order valence-electron chi connectivity index (χ3n) is 3.72. The molecule has 0 aliphatic heterocycles. The van der Waals surface area contributed by atoms with Crippen LogP contribution in [-0.2, 0) is 9.84 Å². The van der Waals surface area contributed by atoms with Gasteiger partial charge < -0.3 is 20.1 Å². The van der Waals surface area contributed by atoms with E-state index in [0.29, 0.717) is 29.0 Å². The fourth-order valence-corrected chi connectivity index (χ4v) is 3.56. The summed E-state index contributed by atoms with van der Waals surface area (Å²) in [4.78, 5) is 4.43. The standard InChI is InChI=1S/C19H25N3O4S/c1-4-26-17-11-10-15(14-18(17)25-3)22-19(20-2)21-12-13-27(23,24)16-8-6-5-7-9-16/h5-11,14H,4,12-13H2,1-3H3,(H2,20,21,22). The minimum atomic E-state index is -3.34. The van der Waals surface area contributed by atoms with Gasteiger partial charge in [0.15, 0.2) is 27.3 Å². The van der Waals surface area contributed by atoms with Gasteiger partial charge in [0.2, 0.25) is 0 Å². The van der Waals surface area contributed by atoms with Gasteiger partial charge in [0.25, 0.3) is 0 Å². The largest absolute Gasteiger partial charge is 0.493 e. The Hall–Kier alpha value is -2.74. The molecule has 7 nitrogen and oxygen atoms in total. The fraction of sp³-hybridized carbons (Fsp3) is 0.316. The highest BCUT2D eigenvalue weighted by molar-refractivity contribution is 7.91. The summed E-state index contributed by atoms with van der Waals surface area (Å²) in [5.41, 5.74) is 0.745. The van der Waals surface area contributed by atoms with E-state index in [1.165, 1.54) is 0 Å². The fourth-order valence-electron chi connectivity index (χ4n) is 2.39. The molecule has 0 spiro atoms. The number of rotatable bonds is 8. The Morgan fingerprint density at radius 3 is 2.48 bits per heavy atom. The summed E-state index contributed by atoms with van der Waals surface area (Å²) in [6.45, 7) is 2.67. The second-order valence-corrected chi connectivity index (χ2v) is 7.66. The van der Waals surface area contributed by atoms with Crippen molar-refractivity contribution in [3.8, 4) is 11.5 Å². The molecule has 2 rings (SSSR count).